The van der Waals surface area contributed by atoms with Gasteiger partial charge < -0.3 is 15.4 Å². The lowest BCUT2D eigenvalue weighted by atomic mass is 10.3. The average Bonchev–Trinajstić information content (AvgIpc) is 2.47. The quantitative estimate of drug-likeness (QED) is 0.334. The molecule has 0 unspecified atom stereocenters. The lowest BCUT2D eigenvalue weighted by Crippen LogP contribution is -2.37. The fraction of sp³-hybridized carbons (Fsp3) is 0.571. The number of nitrogens with zero attached hydrogens (tertiary/aromatic N) is 2. The second-order valence-electron chi connectivity index (χ2n) is 4.25. The summed E-state index contributed by atoms with van der Waals surface area (Å²) in [6.45, 7) is 5.16. The first-order valence-electron chi connectivity index (χ1n) is 6.89. The van der Waals surface area contributed by atoms with Gasteiger partial charge in [-0.15, -0.1) is 0 Å². The van der Waals surface area contributed by atoms with Crippen molar-refractivity contribution in [2.24, 2.45) is 4.99 Å². The van der Waals surface area contributed by atoms with Crippen LogP contribution in [0.1, 0.15) is 25.3 Å². The van der Waals surface area contributed by atoms with E-state index in [4.69, 9.17) is 16.3 Å². The highest BCUT2D eigenvalue weighted by Crippen LogP contribution is 2.04. The van der Waals surface area contributed by atoms with Crippen LogP contribution in [0, 0.1) is 0 Å². The summed E-state index contributed by atoms with van der Waals surface area (Å²) in [6, 6.07) is 3.72. The lowest BCUT2D eigenvalue weighted by molar-refractivity contribution is 0.143. The zero-order chi connectivity index (χ0) is 14.6. The number of halogens is 1. The molecule has 0 aliphatic carbocycles. The van der Waals surface area contributed by atoms with E-state index in [2.05, 4.69) is 20.6 Å². The Morgan fingerprint density at radius 1 is 1.35 bits per heavy atom. The predicted molar refractivity (Wildman–Crippen MR) is 83.2 cm³/mol. The van der Waals surface area contributed by atoms with Gasteiger partial charge in [-0.1, -0.05) is 17.7 Å². The van der Waals surface area contributed by atoms with E-state index in [9.17, 15) is 0 Å². The van der Waals surface area contributed by atoms with Crippen LogP contribution in [0.5, 0.6) is 0 Å². The molecule has 20 heavy (non-hydrogen) atoms. The van der Waals surface area contributed by atoms with Gasteiger partial charge in [0.25, 0.3) is 0 Å². The number of unbranched alkanes of at least 4 members (excludes halogenated alkanes) is 1. The first-order chi connectivity index (χ1) is 9.76. The van der Waals surface area contributed by atoms with Crippen molar-refractivity contribution in [1.29, 1.82) is 0 Å². The average molecular weight is 299 g/mol. The Morgan fingerprint density at radius 3 is 2.85 bits per heavy atom. The molecule has 1 rings (SSSR count). The van der Waals surface area contributed by atoms with Crippen LogP contribution in [0.4, 0.5) is 0 Å². The number of hydrogen-bond donors (Lipinski definition) is 2. The highest BCUT2D eigenvalue weighted by Gasteiger charge is 1.98. The van der Waals surface area contributed by atoms with Gasteiger partial charge in [-0.2, -0.15) is 0 Å². The van der Waals surface area contributed by atoms with Crippen LogP contribution in [0.15, 0.2) is 23.3 Å². The zero-order valence-electron chi connectivity index (χ0n) is 12.2. The highest BCUT2D eigenvalue weighted by molar-refractivity contribution is 6.29. The van der Waals surface area contributed by atoms with Crippen molar-refractivity contribution in [2.45, 2.75) is 26.3 Å². The van der Waals surface area contributed by atoms with Crippen molar-refractivity contribution in [3.05, 3.63) is 29.0 Å². The number of nitrogens with one attached hydrogen (secondary N) is 2. The van der Waals surface area contributed by atoms with Crippen LogP contribution in [0.2, 0.25) is 5.15 Å². The van der Waals surface area contributed by atoms with Crippen molar-refractivity contribution in [2.75, 3.05) is 26.8 Å². The summed E-state index contributed by atoms with van der Waals surface area (Å²) < 4.78 is 5.29. The minimum Gasteiger partial charge on any atom is -0.382 e. The van der Waals surface area contributed by atoms with E-state index in [0.29, 0.717) is 11.7 Å². The van der Waals surface area contributed by atoms with Gasteiger partial charge in [0, 0.05) is 39.5 Å². The van der Waals surface area contributed by atoms with Gasteiger partial charge in [0.2, 0.25) is 0 Å². The van der Waals surface area contributed by atoms with Gasteiger partial charge in [0.1, 0.15) is 5.15 Å². The smallest absolute Gasteiger partial charge is 0.191 e. The minimum atomic E-state index is 0.505. The molecule has 0 aliphatic rings. The largest absolute Gasteiger partial charge is 0.382 e. The molecule has 0 aromatic carbocycles. The van der Waals surface area contributed by atoms with Crippen LogP contribution in [0.3, 0.4) is 0 Å². The first kappa shape index (κ1) is 16.7. The van der Waals surface area contributed by atoms with Gasteiger partial charge in [-0.05, 0) is 31.4 Å². The van der Waals surface area contributed by atoms with Crippen molar-refractivity contribution in [3.63, 3.8) is 0 Å². The van der Waals surface area contributed by atoms with Crippen LogP contribution in [-0.2, 0) is 11.3 Å². The molecule has 1 aromatic rings. The number of rotatable bonds is 8. The van der Waals surface area contributed by atoms with Gasteiger partial charge in [-0.25, -0.2) is 4.98 Å². The van der Waals surface area contributed by atoms with Crippen LogP contribution in [0.25, 0.3) is 0 Å². The van der Waals surface area contributed by atoms with Gasteiger partial charge in [0.15, 0.2) is 5.96 Å². The molecule has 0 amide bonds. The third kappa shape index (κ3) is 7.31. The maximum Gasteiger partial charge on any atom is 0.191 e. The fourth-order valence-electron chi connectivity index (χ4n) is 1.60. The molecule has 0 fully saturated rings. The number of hydrogen-bond acceptors (Lipinski definition) is 3. The molecule has 0 atom stereocenters. The minimum absolute atomic E-state index is 0.505. The topological polar surface area (TPSA) is 58.5 Å². The number of aliphatic imine (C=N–C) groups is 1. The SMILES string of the molecule is CCOCCCCNC(=NC)NCc1ccc(Cl)nc1. The molecular weight excluding hydrogens is 276 g/mol. The number of aromatic nitrogens is 1. The number of pyridine rings is 1. The predicted octanol–water partition coefficient (Wildman–Crippen LogP) is 2.22. The maximum atomic E-state index is 5.74. The van der Waals surface area contributed by atoms with E-state index in [0.717, 1.165) is 44.1 Å². The van der Waals surface area contributed by atoms with E-state index in [1.54, 1.807) is 19.3 Å². The van der Waals surface area contributed by atoms with Crippen LogP contribution >= 0.6 is 11.6 Å². The second-order valence-corrected chi connectivity index (χ2v) is 4.63. The molecule has 0 radical (unpaired) electrons. The van der Waals surface area contributed by atoms with E-state index >= 15 is 0 Å². The van der Waals surface area contributed by atoms with Gasteiger partial charge >= 0.3 is 0 Å². The summed E-state index contributed by atoms with van der Waals surface area (Å²) in [5.74, 6) is 0.788. The molecule has 0 aliphatic heterocycles. The van der Waals surface area contributed by atoms with Gasteiger partial charge in [0.05, 0.1) is 0 Å². The van der Waals surface area contributed by atoms with Crippen molar-refractivity contribution in [1.82, 2.24) is 15.6 Å². The summed E-state index contributed by atoms with van der Waals surface area (Å²) in [5.41, 5.74) is 1.06. The summed E-state index contributed by atoms with van der Waals surface area (Å²) in [7, 11) is 1.76. The Kier molecular flexibility index (Phi) is 8.74. The van der Waals surface area contributed by atoms with Gasteiger partial charge in [-0.3, -0.25) is 4.99 Å². The summed E-state index contributed by atoms with van der Waals surface area (Å²) in [4.78, 5) is 8.21. The third-order valence-electron chi connectivity index (χ3n) is 2.68. The molecule has 0 saturated carbocycles. The summed E-state index contributed by atoms with van der Waals surface area (Å²) in [5, 5.41) is 7.00. The van der Waals surface area contributed by atoms with Crippen molar-refractivity contribution >= 4 is 17.6 Å². The number of ether oxygens (including phenoxy) is 1. The molecule has 2 N–H and O–H groups in total. The van der Waals surface area contributed by atoms with Crippen molar-refractivity contribution in [3.8, 4) is 0 Å². The number of guanidine groups is 1. The monoisotopic (exact) mass is 298 g/mol. The molecule has 0 saturated heterocycles. The Balaban J connectivity index is 2.18. The maximum absolute atomic E-state index is 5.74. The van der Waals surface area contributed by atoms with Crippen molar-refractivity contribution < 1.29 is 4.74 Å². The van der Waals surface area contributed by atoms with E-state index in [1.807, 2.05) is 13.0 Å². The standard InChI is InChI=1S/C14H23ClN4O/c1-3-20-9-5-4-8-17-14(16-2)19-11-12-6-7-13(15)18-10-12/h6-7,10H,3-5,8-9,11H2,1-2H3,(H2,16,17,19). The van der Waals surface area contributed by atoms with Crippen LogP contribution < -0.4 is 10.6 Å². The second kappa shape index (κ2) is 10.5. The molecular formula is C14H23ClN4O. The Labute approximate surface area is 125 Å². The molecule has 0 bridgehead atoms. The summed E-state index contributed by atoms with van der Waals surface area (Å²) >= 11 is 5.74. The molecule has 1 aromatic heterocycles. The fourth-order valence-corrected chi connectivity index (χ4v) is 1.71. The third-order valence-corrected chi connectivity index (χ3v) is 2.91. The molecule has 6 heteroatoms. The molecule has 1 heterocycles. The molecule has 5 nitrogen and oxygen atoms in total. The highest BCUT2D eigenvalue weighted by atomic mass is 35.5. The van der Waals surface area contributed by atoms with E-state index < -0.39 is 0 Å². The molecule has 112 valence electrons. The Morgan fingerprint density at radius 2 is 2.20 bits per heavy atom. The molecule has 0 spiro atoms. The lowest BCUT2D eigenvalue weighted by Gasteiger charge is -2.11. The first-order valence-corrected chi connectivity index (χ1v) is 7.26. The summed E-state index contributed by atoms with van der Waals surface area (Å²) in [6.07, 6.45) is 3.87. The van der Waals surface area contributed by atoms with E-state index in [1.165, 1.54) is 0 Å². The zero-order valence-corrected chi connectivity index (χ0v) is 12.9. The van der Waals surface area contributed by atoms with E-state index in [-0.39, 0.29) is 0 Å². The van der Waals surface area contributed by atoms with Crippen LogP contribution in [-0.4, -0.2) is 37.7 Å². The normalized spacial score (nSPS) is 11.4. The Bertz CT molecular complexity index is 395. The Hall–Kier alpha value is -1.33.